The zero-order valence-electron chi connectivity index (χ0n) is 11.6. The number of aromatic amines is 1. The van der Waals surface area contributed by atoms with Crippen LogP contribution >= 0.6 is 11.8 Å². The van der Waals surface area contributed by atoms with Crippen LogP contribution in [0, 0.1) is 0 Å². The quantitative estimate of drug-likeness (QED) is 0.572. The summed E-state index contributed by atoms with van der Waals surface area (Å²) >= 11 is 1.19. The number of nitrogen functional groups attached to an aromatic ring is 1. The van der Waals surface area contributed by atoms with Gasteiger partial charge >= 0.3 is 0 Å². The van der Waals surface area contributed by atoms with E-state index < -0.39 is 5.25 Å². The molecule has 2 aromatic rings. The van der Waals surface area contributed by atoms with Gasteiger partial charge in [0.05, 0.1) is 5.25 Å². The van der Waals surface area contributed by atoms with E-state index in [0.29, 0.717) is 16.4 Å². The molecule has 1 atom stereocenters. The molecule has 1 aromatic carbocycles. The van der Waals surface area contributed by atoms with Gasteiger partial charge in [0.2, 0.25) is 17.0 Å². The standard InChI is InChI=1S/C13H15N5O2S/c1-7(19)9-4-3-5-10(6-9)15-11(20)8(2)21-13-16-12(14)17-18-13/h3-6,8H,1-2H3,(H,15,20)(H3,14,16,17,18)/t8-/m1/s1. The molecule has 0 bridgehead atoms. The molecule has 4 N–H and O–H groups in total. The van der Waals surface area contributed by atoms with Crippen LogP contribution in [0.15, 0.2) is 29.4 Å². The number of benzene rings is 1. The first kappa shape index (κ1) is 15.0. The third-order valence-corrected chi connectivity index (χ3v) is 3.63. The van der Waals surface area contributed by atoms with Gasteiger partial charge in [0.15, 0.2) is 5.78 Å². The lowest BCUT2D eigenvalue weighted by atomic mass is 10.1. The number of rotatable bonds is 5. The Labute approximate surface area is 125 Å². The summed E-state index contributed by atoms with van der Waals surface area (Å²) in [7, 11) is 0. The summed E-state index contributed by atoms with van der Waals surface area (Å²) in [6.45, 7) is 3.22. The topological polar surface area (TPSA) is 114 Å². The van der Waals surface area contributed by atoms with Gasteiger partial charge in [-0.1, -0.05) is 23.9 Å². The van der Waals surface area contributed by atoms with Crippen LogP contribution in [-0.4, -0.2) is 32.1 Å². The van der Waals surface area contributed by atoms with E-state index in [9.17, 15) is 9.59 Å². The SMILES string of the molecule is CC(=O)c1cccc(NC(=O)[C@@H](C)Sc2n[nH]c(N)n2)c1. The van der Waals surface area contributed by atoms with Gasteiger partial charge in [-0.15, -0.1) is 5.10 Å². The average molecular weight is 305 g/mol. The van der Waals surface area contributed by atoms with Gasteiger partial charge < -0.3 is 11.1 Å². The number of nitrogens with one attached hydrogen (secondary N) is 2. The lowest BCUT2D eigenvalue weighted by molar-refractivity contribution is -0.115. The van der Waals surface area contributed by atoms with E-state index in [2.05, 4.69) is 20.5 Å². The number of amides is 1. The van der Waals surface area contributed by atoms with Crippen LogP contribution in [0.25, 0.3) is 0 Å². The van der Waals surface area contributed by atoms with Crippen molar-refractivity contribution in [1.82, 2.24) is 15.2 Å². The largest absolute Gasteiger partial charge is 0.368 e. The maximum absolute atomic E-state index is 12.1. The van der Waals surface area contributed by atoms with Crippen molar-refractivity contribution in [2.45, 2.75) is 24.3 Å². The fraction of sp³-hybridized carbons (Fsp3) is 0.231. The maximum Gasteiger partial charge on any atom is 0.237 e. The molecule has 2 rings (SSSR count). The summed E-state index contributed by atoms with van der Waals surface area (Å²) in [5, 5.41) is 9.13. The maximum atomic E-state index is 12.1. The molecule has 7 nitrogen and oxygen atoms in total. The molecule has 8 heteroatoms. The number of hydrogen-bond donors (Lipinski definition) is 3. The van der Waals surface area contributed by atoms with E-state index in [-0.39, 0.29) is 17.6 Å². The van der Waals surface area contributed by atoms with Gasteiger partial charge in [0, 0.05) is 11.3 Å². The van der Waals surface area contributed by atoms with Gasteiger partial charge in [-0.25, -0.2) is 5.10 Å². The second-order valence-electron chi connectivity index (χ2n) is 4.39. The molecule has 0 fully saturated rings. The summed E-state index contributed by atoms with van der Waals surface area (Å²) in [5.41, 5.74) is 6.55. The number of H-pyrrole nitrogens is 1. The second kappa shape index (κ2) is 6.40. The number of aromatic nitrogens is 3. The number of hydrogen-bond acceptors (Lipinski definition) is 6. The van der Waals surface area contributed by atoms with Crippen LogP contribution in [0.3, 0.4) is 0 Å². The Kier molecular flexibility index (Phi) is 4.59. The molecule has 0 radical (unpaired) electrons. The van der Waals surface area contributed by atoms with Crippen molar-refractivity contribution >= 4 is 35.1 Å². The fourth-order valence-corrected chi connectivity index (χ4v) is 2.31. The molecule has 1 heterocycles. The van der Waals surface area contributed by atoms with Gasteiger partial charge in [-0.2, -0.15) is 4.98 Å². The number of nitrogens with zero attached hydrogens (tertiary/aromatic N) is 2. The smallest absolute Gasteiger partial charge is 0.237 e. The zero-order valence-corrected chi connectivity index (χ0v) is 12.4. The molecule has 0 unspecified atom stereocenters. The Morgan fingerprint density at radius 2 is 2.19 bits per heavy atom. The number of thioether (sulfide) groups is 1. The van der Waals surface area contributed by atoms with Gasteiger partial charge in [-0.05, 0) is 26.0 Å². The first-order valence-electron chi connectivity index (χ1n) is 6.22. The molecular weight excluding hydrogens is 290 g/mol. The van der Waals surface area contributed by atoms with E-state index >= 15 is 0 Å². The molecule has 0 saturated heterocycles. The molecule has 1 amide bonds. The van der Waals surface area contributed by atoms with Crippen molar-refractivity contribution in [3.63, 3.8) is 0 Å². The summed E-state index contributed by atoms with van der Waals surface area (Å²) in [5.74, 6) is -0.0481. The number of Topliss-reactive ketones (excluding diaryl/α,β-unsaturated/α-hetero) is 1. The third kappa shape index (κ3) is 4.06. The normalized spacial score (nSPS) is 11.9. The second-order valence-corrected chi connectivity index (χ2v) is 5.70. The molecule has 0 aliphatic rings. The van der Waals surface area contributed by atoms with E-state index in [0.717, 1.165) is 0 Å². The Hall–Kier alpha value is -2.35. The van der Waals surface area contributed by atoms with Crippen LogP contribution in [0.2, 0.25) is 0 Å². The Morgan fingerprint density at radius 1 is 1.43 bits per heavy atom. The van der Waals surface area contributed by atoms with Gasteiger partial charge in [-0.3, -0.25) is 9.59 Å². The van der Waals surface area contributed by atoms with E-state index in [1.807, 2.05) is 0 Å². The van der Waals surface area contributed by atoms with Crippen molar-refractivity contribution in [3.05, 3.63) is 29.8 Å². The zero-order chi connectivity index (χ0) is 15.4. The van der Waals surface area contributed by atoms with Gasteiger partial charge in [0.25, 0.3) is 0 Å². The van der Waals surface area contributed by atoms with Crippen molar-refractivity contribution in [2.24, 2.45) is 0 Å². The summed E-state index contributed by atoms with van der Waals surface area (Å²) in [6.07, 6.45) is 0. The molecule has 0 spiro atoms. The van der Waals surface area contributed by atoms with Crippen LogP contribution in [-0.2, 0) is 4.79 Å². The lowest BCUT2D eigenvalue weighted by Gasteiger charge is -2.10. The number of ketones is 1. The van der Waals surface area contributed by atoms with Crippen molar-refractivity contribution in [1.29, 1.82) is 0 Å². The molecular formula is C13H15N5O2S. The molecule has 0 aliphatic heterocycles. The highest BCUT2D eigenvalue weighted by Crippen LogP contribution is 2.21. The molecule has 0 saturated carbocycles. The lowest BCUT2D eigenvalue weighted by Crippen LogP contribution is -2.22. The fourth-order valence-electron chi connectivity index (χ4n) is 1.58. The van der Waals surface area contributed by atoms with Crippen LogP contribution in [0.4, 0.5) is 11.6 Å². The Bertz CT molecular complexity index is 670. The first-order chi connectivity index (χ1) is 9.95. The number of carbonyl (C=O) groups excluding carboxylic acids is 2. The van der Waals surface area contributed by atoms with Crippen molar-refractivity contribution in [2.75, 3.05) is 11.1 Å². The molecule has 1 aromatic heterocycles. The molecule has 21 heavy (non-hydrogen) atoms. The summed E-state index contributed by atoms with van der Waals surface area (Å²) in [4.78, 5) is 27.3. The monoisotopic (exact) mass is 305 g/mol. The highest BCUT2D eigenvalue weighted by atomic mass is 32.2. The Morgan fingerprint density at radius 3 is 2.81 bits per heavy atom. The highest BCUT2D eigenvalue weighted by Gasteiger charge is 2.17. The predicted molar refractivity (Wildman–Crippen MR) is 81.2 cm³/mol. The van der Waals surface area contributed by atoms with Crippen LogP contribution < -0.4 is 11.1 Å². The highest BCUT2D eigenvalue weighted by molar-refractivity contribution is 8.00. The van der Waals surface area contributed by atoms with Crippen molar-refractivity contribution < 1.29 is 9.59 Å². The summed E-state index contributed by atoms with van der Waals surface area (Å²) in [6, 6.07) is 6.79. The average Bonchev–Trinajstić information content (AvgIpc) is 2.84. The van der Waals surface area contributed by atoms with Crippen LogP contribution in [0.1, 0.15) is 24.2 Å². The van der Waals surface area contributed by atoms with Crippen molar-refractivity contribution in [3.8, 4) is 0 Å². The van der Waals surface area contributed by atoms with E-state index in [1.165, 1.54) is 18.7 Å². The Balaban J connectivity index is 2.00. The number of nitrogens with two attached hydrogens (primary N) is 1. The van der Waals surface area contributed by atoms with E-state index in [4.69, 9.17) is 5.73 Å². The number of anilines is 2. The minimum Gasteiger partial charge on any atom is -0.368 e. The van der Waals surface area contributed by atoms with Gasteiger partial charge in [0.1, 0.15) is 0 Å². The molecule has 110 valence electrons. The summed E-state index contributed by atoms with van der Waals surface area (Å²) < 4.78 is 0. The minimum atomic E-state index is -0.402. The first-order valence-corrected chi connectivity index (χ1v) is 7.10. The third-order valence-electron chi connectivity index (χ3n) is 2.67. The number of carbonyl (C=O) groups is 2. The predicted octanol–water partition coefficient (Wildman–Crippen LogP) is 1.71. The van der Waals surface area contributed by atoms with Crippen LogP contribution in [0.5, 0.6) is 0 Å². The minimum absolute atomic E-state index is 0.0512. The molecule has 0 aliphatic carbocycles. The van der Waals surface area contributed by atoms with E-state index in [1.54, 1.807) is 31.2 Å².